The topological polar surface area (TPSA) is 79.5 Å². The van der Waals surface area contributed by atoms with Gasteiger partial charge in [0.2, 0.25) is 0 Å². The van der Waals surface area contributed by atoms with Crippen molar-refractivity contribution >= 4 is 50.6 Å². The summed E-state index contributed by atoms with van der Waals surface area (Å²) in [7, 11) is 0. The molecule has 2 aromatic carbocycles. The monoisotopic (exact) mass is 421 g/mol. The summed E-state index contributed by atoms with van der Waals surface area (Å²) in [6.45, 7) is 2.49. The molecule has 0 atom stereocenters. The molecule has 6 nitrogen and oxygen atoms in total. The van der Waals surface area contributed by atoms with Crippen LogP contribution in [-0.4, -0.2) is 18.5 Å². The van der Waals surface area contributed by atoms with E-state index in [1.54, 1.807) is 24.3 Å². The SMILES string of the molecule is CCCOc1ccccc1NC(=O)NNC(=O)c1sc2cc(F)ccc2c1Cl. The first-order valence-electron chi connectivity index (χ1n) is 8.46. The highest BCUT2D eigenvalue weighted by Crippen LogP contribution is 2.35. The summed E-state index contributed by atoms with van der Waals surface area (Å²) in [5.41, 5.74) is 5.02. The van der Waals surface area contributed by atoms with Crippen molar-refractivity contribution in [2.24, 2.45) is 0 Å². The first kappa shape index (κ1) is 19.9. The fourth-order valence-electron chi connectivity index (χ4n) is 2.42. The van der Waals surface area contributed by atoms with Crippen LogP contribution < -0.4 is 20.9 Å². The number of thiophene rings is 1. The van der Waals surface area contributed by atoms with Gasteiger partial charge < -0.3 is 10.1 Å². The molecule has 0 saturated carbocycles. The molecule has 0 unspecified atom stereocenters. The normalized spacial score (nSPS) is 10.5. The van der Waals surface area contributed by atoms with Gasteiger partial charge in [-0.2, -0.15) is 0 Å². The summed E-state index contributed by atoms with van der Waals surface area (Å²) in [5, 5.41) is 3.39. The molecule has 1 heterocycles. The molecule has 3 aromatic rings. The van der Waals surface area contributed by atoms with Gasteiger partial charge in [-0.25, -0.2) is 14.6 Å². The summed E-state index contributed by atoms with van der Waals surface area (Å²) in [6.07, 6.45) is 0.830. The molecule has 0 spiro atoms. The first-order chi connectivity index (χ1) is 13.5. The Morgan fingerprint density at radius 3 is 2.75 bits per heavy atom. The molecule has 0 saturated heterocycles. The van der Waals surface area contributed by atoms with Crippen LogP contribution in [0.5, 0.6) is 5.75 Å². The maximum Gasteiger partial charge on any atom is 0.338 e. The Balaban J connectivity index is 1.64. The molecule has 146 valence electrons. The number of nitrogens with one attached hydrogen (secondary N) is 3. The van der Waals surface area contributed by atoms with Crippen molar-refractivity contribution in [3.05, 3.63) is 58.2 Å². The zero-order chi connectivity index (χ0) is 20.1. The quantitative estimate of drug-likeness (QED) is 0.510. The molecule has 3 amide bonds. The van der Waals surface area contributed by atoms with E-state index in [0.29, 0.717) is 28.1 Å². The lowest BCUT2D eigenvalue weighted by molar-refractivity contribution is 0.0942. The Morgan fingerprint density at radius 1 is 1.18 bits per heavy atom. The van der Waals surface area contributed by atoms with Crippen molar-refractivity contribution in [3.63, 3.8) is 0 Å². The van der Waals surface area contributed by atoms with Crippen molar-refractivity contribution in [1.82, 2.24) is 10.9 Å². The summed E-state index contributed by atoms with van der Waals surface area (Å²) in [5.74, 6) is -0.489. The van der Waals surface area contributed by atoms with Crippen LogP contribution in [0, 0.1) is 5.82 Å². The van der Waals surface area contributed by atoms with Gasteiger partial charge in [0.25, 0.3) is 5.91 Å². The van der Waals surface area contributed by atoms with E-state index in [9.17, 15) is 14.0 Å². The van der Waals surface area contributed by atoms with E-state index in [1.165, 1.54) is 18.2 Å². The number of benzene rings is 2. The maximum absolute atomic E-state index is 13.3. The zero-order valence-corrected chi connectivity index (χ0v) is 16.4. The minimum absolute atomic E-state index is 0.175. The Labute approximate surface area is 169 Å². The molecule has 0 fully saturated rings. The molecule has 0 aliphatic carbocycles. The van der Waals surface area contributed by atoms with E-state index >= 15 is 0 Å². The van der Waals surface area contributed by atoms with Gasteiger partial charge in [0, 0.05) is 10.1 Å². The minimum Gasteiger partial charge on any atom is -0.491 e. The summed E-state index contributed by atoms with van der Waals surface area (Å²) < 4.78 is 19.4. The van der Waals surface area contributed by atoms with Crippen LogP contribution in [0.2, 0.25) is 5.02 Å². The van der Waals surface area contributed by atoms with Gasteiger partial charge in [-0.1, -0.05) is 30.7 Å². The van der Waals surface area contributed by atoms with Gasteiger partial charge >= 0.3 is 6.03 Å². The zero-order valence-electron chi connectivity index (χ0n) is 14.8. The minimum atomic E-state index is -0.649. The van der Waals surface area contributed by atoms with E-state index in [1.807, 2.05) is 6.92 Å². The number of rotatable bonds is 5. The lowest BCUT2D eigenvalue weighted by atomic mass is 10.2. The van der Waals surface area contributed by atoms with Gasteiger partial charge in [-0.15, -0.1) is 11.3 Å². The average Bonchev–Trinajstić information content (AvgIpc) is 3.01. The number of carbonyl (C=O) groups excluding carboxylic acids is 2. The maximum atomic E-state index is 13.3. The van der Waals surface area contributed by atoms with Gasteiger partial charge in [0.15, 0.2) is 0 Å². The third kappa shape index (κ3) is 4.52. The highest BCUT2D eigenvalue weighted by Gasteiger charge is 2.18. The largest absolute Gasteiger partial charge is 0.491 e. The van der Waals surface area contributed by atoms with Crippen molar-refractivity contribution in [2.45, 2.75) is 13.3 Å². The van der Waals surface area contributed by atoms with E-state index in [0.717, 1.165) is 17.8 Å². The predicted octanol–water partition coefficient (Wildman–Crippen LogP) is 4.95. The molecule has 1 aromatic heterocycles. The highest BCUT2D eigenvalue weighted by atomic mass is 35.5. The number of hydrogen-bond acceptors (Lipinski definition) is 4. The summed E-state index contributed by atoms with van der Waals surface area (Å²) >= 11 is 7.24. The number of fused-ring (bicyclic) bond motifs is 1. The lowest BCUT2D eigenvalue weighted by Gasteiger charge is -2.12. The summed E-state index contributed by atoms with van der Waals surface area (Å²) in [4.78, 5) is 24.6. The van der Waals surface area contributed by atoms with Crippen molar-refractivity contribution in [1.29, 1.82) is 0 Å². The standard InChI is InChI=1S/C19H17ClFN3O3S/c1-2-9-27-14-6-4-3-5-13(14)22-19(26)24-23-18(25)17-16(20)12-8-7-11(21)10-15(12)28-17/h3-8,10H,2,9H2,1H3,(H,23,25)(H2,22,24,26). The van der Waals surface area contributed by atoms with Crippen molar-refractivity contribution < 1.29 is 18.7 Å². The second kappa shape index (κ2) is 8.90. The van der Waals surface area contributed by atoms with Crippen LogP contribution in [0.25, 0.3) is 10.1 Å². The van der Waals surface area contributed by atoms with Gasteiger partial charge in [-0.05, 0) is 36.8 Å². The third-order valence-corrected chi connectivity index (χ3v) is 5.34. The molecule has 28 heavy (non-hydrogen) atoms. The van der Waals surface area contributed by atoms with Crippen molar-refractivity contribution in [3.8, 4) is 5.75 Å². The van der Waals surface area contributed by atoms with E-state index in [2.05, 4.69) is 16.2 Å². The summed E-state index contributed by atoms with van der Waals surface area (Å²) in [6, 6.07) is 10.4. The number of amides is 3. The molecule has 3 N–H and O–H groups in total. The molecule has 0 aliphatic heterocycles. The second-order valence-electron chi connectivity index (χ2n) is 5.76. The van der Waals surface area contributed by atoms with Crippen LogP contribution in [0.15, 0.2) is 42.5 Å². The van der Waals surface area contributed by atoms with Crippen LogP contribution >= 0.6 is 22.9 Å². The molecule has 0 radical (unpaired) electrons. The Hall–Kier alpha value is -2.84. The van der Waals surface area contributed by atoms with Crippen LogP contribution in [0.3, 0.4) is 0 Å². The smallest absolute Gasteiger partial charge is 0.338 e. The van der Waals surface area contributed by atoms with Gasteiger partial charge in [-0.3, -0.25) is 10.2 Å². The fraction of sp³-hybridized carbons (Fsp3) is 0.158. The molecule has 0 bridgehead atoms. The average molecular weight is 422 g/mol. The van der Waals surface area contributed by atoms with E-state index < -0.39 is 17.8 Å². The lowest BCUT2D eigenvalue weighted by Crippen LogP contribution is -2.43. The highest BCUT2D eigenvalue weighted by molar-refractivity contribution is 7.21. The van der Waals surface area contributed by atoms with Gasteiger partial charge in [0.1, 0.15) is 16.4 Å². The molecular weight excluding hydrogens is 405 g/mol. The molecule has 9 heteroatoms. The van der Waals surface area contributed by atoms with Crippen LogP contribution in [0.1, 0.15) is 23.0 Å². The van der Waals surface area contributed by atoms with Gasteiger partial charge in [0.05, 0.1) is 17.3 Å². The number of halogens is 2. The molecular formula is C19H17ClFN3O3S. The van der Waals surface area contributed by atoms with Crippen LogP contribution in [0.4, 0.5) is 14.9 Å². The van der Waals surface area contributed by atoms with Crippen molar-refractivity contribution in [2.75, 3.05) is 11.9 Å². The number of urea groups is 1. The Kier molecular flexibility index (Phi) is 6.33. The number of hydrazine groups is 1. The second-order valence-corrected chi connectivity index (χ2v) is 7.19. The number of ether oxygens (including phenoxy) is 1. The van der Waals surface area contributed by atoms with E-state index in [4.69, 9.17) is 16.3 Å². The number of para-hydroxylation sites is 2. The number of anilines is 1. The molecule has 0 aliphatic rings. The number of carbonyl (C=O) groups is 2. The Bertz CT molecular complexity index is 1020. The number of hydrogen-bond donors (Lipinski definition) is 3. The Morgan fingerprint density at radius 2 is 1.96 bits per heavy atom. The first-order valence-corrected chi connectivity index (χ1v) is 9.65. The predicted molar refractivity (Wildman–Crippen MR) is 109 cm³/mol. The van der Waals surface area contributed by atoms with Crippen LogP contribution in [-0.2, 0) is 0 Å². The van der Waals surface area contributed by atoms with E-state index in [-0.39, 0.29) is 9.90 Å². The third-order valence-electron chi connectivity index (χ3n) is 3.68. The molecule has 3 rings (SSSR count). The fourth-order valence-corrected chi connectivity index (χ4v) is 3.85.